The highest BCUT2D eigenvalue weighted by molar-refractivity contribution is 7.13. The van der Waals surface area contributed by atoms with Crippen molar-refractivity contribution in [3.8, 4) is 0 Å². The summed E-state index contributed by atoms with van der Waals surface area (Å²) in [4.78, 5) is 32.0. The largest absolute Gasteiger partial charge is 0.343 e. The summed E-state index contributed by atoms with van der Waals surface area (Å²) in [5.41, 5.74) is 0.918. The number of aromatic nitrogens is 1. The second kappa shape index (κ2) is 7.90. The number of carbonyl (C=O) groups excluding carboxylic acids is 2. The molecule has 5 nitrogen and oxygen atoms in total. The van der Waals surface area contributed by atoms with Crippen LogP contribution in [-0.4, -0.2) is 34.8 Å². The van der Waals surface area contributed by atoms with Gasteiger partial charge in [0.25, 0.3) is 0 Å². The highest BCUT2D eigenvalue weighted by Gasteiger charge is 2.27. The Bertz CT molecular complexity index is 689. The molecule has 1 saturated heterocycles. The summed E-state index contributed by atoms with van der Waals surface area (Å²) < 4.78 is 0. The fraction of sp³-hybridized carbons (Fsp3) is 0.471. The zero-order chi connectivity index (χ0) is 16.9. The highest BCUT2D eigenvalue weighted by atomic mass is 32.1. The molecule has 1 fully saturated rings. The number of nitrogens with zero attached hydrogens (tertiary/aromatic N) is 2. The number of carbonyl (C=O) groups is 2. The maximum Gasteiger partial charge on any atom is 0.229 e. The first-order valence-electron chi connectivity index (χ1n) is 8.15. The molecule has 2 aromatic rings. The van der Waals surface area contributed by atoms with Crippen LogP contribution in [0.1, 0.15) is 29.8 Å². The van der Waals surface area contributed by atoms with Gasteiger partial charge in [-0.25, -0.2) is 4.98 Å². The highest BCUT2D eigenvalue weighted by Crippen LogP contribution is 2.22. The van der Waals surface area contributed by atoms with Gasteiger partial charge in [0.2, 0.25) is 11.8 Å². The average molecular weight is 364 g/mol. The second-order valence-electron chi connectivity index (χ2n) is 6.02. The first-order chi connectivity index (χ1) is 11.6. The molecule has 0 bridgehead atoms. The minimum atomic E-state index is -0.0319. The lowest BCUT2D eigenvalue weighted by atomic mass is 9.95. The molecule has 0 spiro atoms. The number of hydrogen-bond donors (Lipinski definition) is 1. The zero-order valence-corrected chi connectivity index (χ0v) is 15.3. The molecule has 3 heterocycles. The zero-order valence-electron chi connectivity index (χ0n) is 13.7. The molecule has 1 aliphatic heterocycles. The summed E-state index contributed by atoms with van der Waals surface area (Å²) in [5, 5.41) is 7.50. The molecule has 7 heteroatoms. The molecule has 0 aromatic carbocycles. The lowest BCUT2D eigenvalue weighted by molar-refractivity contribution is -0.134. The van der Waals surface area contributed by atoms with Crippen LogP contribution < -0.4 is 5.32 Å². The van der Waals surface area contributed by atoms with Gasteiger partial charge in [0.1, 0.15) is 0 Å². The van der Waals surface area contributed by atoms with E-state index in [-0.39, 0.29) is 17.7 Å². The number of rotatable bonds is 5. The molecule has 0 radical (unpaired) electrons. The van der Waals surface area contributed by atoms with Gasteiger partial charge in [-0.2, -0.15) is 0 Å². The molecule has 0 unspecified atom stereocenters. The first-order valence-corrected chi connectivity index (χ1v) is 9.91. The first kappa shape index (κ1) is 17.1. The van der Waals surface area contributed by atoms with E-state index in [1.54, 1.807) is 11.3 Å². The van der Waals surface area contributed by atoms with E-state index in [1.807, 2.05) is 28.7 Å². The average Bonchev–Trinajstić information content (AvgIpc) is 3.24. The standard InChI is InChI=1S/C17H21N3O2S2/c1-12-11-24-17(18-12)19-16(22)13-6-8-20(9-7-13)15(21)5-4-14-3-2-10-23-14/h2-3,10-11,13H,4-9H2,1H3,(H,18,19,22). The van der Waals surface area contributed by atoms with Crippen molar-refractivity contribution in [1.82, 2.24) is 9.88 Å². The van der Waals surface area contributed by atoms with Crippen molar-refractivity contribution in [2.75, 3.05) is 18.4 Å². The molecule has 0 aliphatic carbocycles. The Morgan fingerprint density at radius 3 is 2.75 bits per heavy atom. The summed E-state index contributed by atoms with van der Waals surface area (Å²) in [6, 6.07) is 4.08. The molecular weight excluding hydrogens is 342 g/mol. The Morgan fingerprint density at radius 1 is 1.33 bits per heavy atom. The third kappa shape index (κ3) is 4.42. The van der Waals surface area contributed by atoms with E-state index in [0.717, 1.165) is 25.0 Å². The molecule has 128 valence electrons. The third-order valence-corrected chi connectivity index (χ3v) is 6.04. The summed E-state index contributed by atoms with van der Waals surface area (Å²) in [7, 11) is 0. The molecule has 0 atom stereocenters. The second-order valence-corrected chi connectivity index (χ2v) is 7.91. The number of thiazole rings is 1. The molecule has 1 N–H and O–H groups in total. The van der Waals surface area contributed by atoms with Crippen LogP contribution in [0.4, 0.5) is 5.13 Å². The predicted octanol–water partition coefficient (Wildman–Crippen LogP) is 3.32. The summed E-state index contributed by atoms with van der Waals surface area (Å²) in [6.45, 7) is 3.24. The van der Waals surface area contributed by atoms with Crippen molar-refractivity contribution in [2.45, 2.75) is 32.6 Å². The normalized spacial score (nSPS) is 15.5. The van der Waals surface area contributed by atoms with Crippen molar-refractivity contribution in [2.24, 2.45) is 5.92 Å². The molecule has 0 saturated carbocycles. The smallest absolute Gasteiger partial charge is 0.229 e. The summed E-state index contributed by atoms with van der Waals surface area (Å²) in [6.07, 6.45) is 2.80. The quantitative estimate of drug-likeness (QED) is 0.886. The molecule has 3 rings (SSSR count). The van der Waals surface area contributed by atoms with Crippen LogP contribution >= 0.6 is 22.7 Å². The minimum Gasteiger partial charge on any atom is -0.343 e. The molecule has 1 aliphatic rings. The maximum atomic E-state index is 12.3. The van der Waals surface area contributed by atoms with Crippen LogP contribution in [0, 0.1) is 12.8 Å². The summed E-state index contributed by atoms with van der Waals surface area (Å²) >= 11 is 3.14. The Hall–Kier alpha value is -1.73. The van der Waals surface area contributed by atoms with E-state index in [4.69, 9.17) is 0 Å². The van der Waals surface area contributed by atoms with Crippen molar-refractivity contribution >= 4 is 39.6 Å². The van der Waals surface area contributed by atoms with Crippen LogP contribution in [0.2, 0.25) is 0 Å². The van der Waals surface area contributed by atoms with Crippen LogP contribution in [0.15, 0.2) is 22.9 Å². The van der Waals surface area contributed by atoms with E-state index >= 15 is 0 Å². The number of likely N-dealkylation sites (tertiary alicyclic amines) is 1. The van der Waals surface area contributed by atoms with E-state index in [0.29, 0.717) is 24.6 Å². The van der Waals surface area contributed by atoms with Gasteiger partial charge in [-0.3, -0.25) is 9.59 Å². The fourth-order valence-corrected chi connectivity index (χ4v) is 4.25. The number of anilines is 1. The minimum absolute atomic E-state index is 0.0232. The van der Waals surface area contributed by atoms with Gasteiger partial charge in [0.05, 0.1) is 5.69 Å². The van der Waals surface area contributed by atoms with Crippen molar-refractivity contribution < 1.29 is 9.59 Å². The predicted molar refractivity (Wildman–Crippen MR) is 97.4 cm³/mol. The van der Waals surface area contributed by atoms with Crippen LogP contribution in [0.3, 0.4) is 0 Å². The van der Waals surface area contributed by atoms with Gasteiger partial charge in [-0.05, 0) is 37.6 Å². The maximum absolute atomic E-state index is 12.3. The van der Waals surface area contributed by atoms with Crippen molar-refractivity contribution in [3.63, 3.8) is 0 Å². The SMILES string of the molecule is Cc1csc(NC(=O)C2CCN(C(=O)CCc3cccs3)CC2)n1. The Labute approximate surface area is 149 Å². The number of nitrogens with one attached hydrogen (secondary N) is 1. The molecule has 2 aromatic heterocycles. The van der Waals surface area contributed by atoms with Crippen LogP contribution in [-0.2, 0) is 16.0 Å². The van der Waals surface area contributed by atoms with Gasteiger partial charge in [-0.1, -0.05) is 6.07 Å². The van der Waals surface area contributed by atoms with Crippen molar-refractivity contribution in [1.29, 1.82) is 0 Å². The Morgan fingerprint density at radius 2 is 2.12 bits per heavy atom. The Balaban J connectivity index is 1.43. The van der Waals surface area contributed by atoms with Gasteiger partial charge < -0.3 is 10.2 Å². The lowest BCUT2D eigenvalue weighted by Gasteiger charge is -2.31. The van der Waals surface area contributed by atoms with E-state index in [1.165, 1.54) is 16.2 Å². The number of piperidine rings is 1. The van der Waals surface area contributed by atoms with Crippen LogP contribution in [0.5, 0.6) is 0 Å². The van der Waals surface area contributed by atoms with Crippen molar-refractivity contribution in [3.05, 3.63) is 33.5 Å². The van der Waals surface area contributed by atoms with Gasteiger partial charge in [-0.15, -0.1) is 22.7 Å². The fourth-order valence-electron chi connectivity index (χ4n) is 2.85. The molecule has 24 heavy (non-hydrogen) atoms. The van der Waals surface area contributed by atoms with Gasteiger partial charge >= 0.3 is 0 Å². The number of amides is 2. The number of hydrogen-bond acceptors (Lipinski definition) is 5. The Kier molecular flexibility index (Phi) is 5.63. The van der Waals surface area contributed by atoms with E-state index in [2.05, 4.69) is 16.4 Å². The third-order valence-electron chi connectivity index (χ3n) is 4.23. The van der Waals surface area contributed by atoms with Gasteiger partial charge in [0.15, 0.2) is 5.13 Å². The topological polar surface area (TPSA) is 62.3 Å². The lowest BCUT2D eigenvalue weighted by Crippen LogP contribution is -2.41. The number of aryl methyl sites for hydroxylation is 2. The van der Waals surface area contributed by atoms with E-state index in [9.17, 15) is 9.59 Å². The monoisotopic (exact) mass is 363 g/mol. The molecule has 2 amide bonds. The van der Waals surface area contributed by atoms with E-state index < -0.39 is 0 Å². The van der Waals surface area contributed by atoms with Gasteiger partial charge in [0, 0.05) is 35.7 Å². The molecular formula is C17H21N3O2S2. The summed E-state index contributed by atoms with van der Waals surface area (Å²) in [5.74, 6) is 0.184. The van der Waals surface area contributed by atoms with Crippen LogP contribution in [0.25, 0.3) is 0 Å². The number of thiophene rings is 1.